The Morgan fingerprint density at radius 2 is 1.51 bits per heavy atom. The number of carbonyl (C=O) groups is 2. The second-order valence-corrected chi connectivity index (χ2v) is 8.52. The zero-order valence-electron chi connectivity index (χ0n) is 18.4. The van der Waals surface area contributed by atoms with E-state index in [1.165, 1.54) is 22.1 Å². The van der Waals surface area contributed by atoms with Gasteiger partial charge in [0.15, 0.2) is 6.10 Å². The van der Waals surface area contributed by atoms with E-state index in [4.69, 9.17) is 4.84 Å². The molecule has 8 heteroatoms. The van der Waals surface area contributed by atoms with E-state index in [0.717, 1.165) is 16.3 Å². The van der Waals surface area contributed by atoms with Crippen molar-refractivity contribution in [2.75, 3.05) is 9.96 Å². The van der Waals surface area contributed by atoms with Crippen molar-refractivity contribution in [1.29, 1.82) is 0 Å². The number of hydrogen-bond donors (Lipinski definition) is 0. The summed E-state index contributed by atoms with van der Waals surface area (Å²) in [7, 11) is 0. The van der Waals surface area contributed by atoms with E-state index in [1.807, 2.05) is 66.7 Å². The molecule has 6 rings (SSSR count). The highest BCUT2D eigenvalue weighted by Crippen LogP contribution is 2.48. The van der Waals surface area contributed by atoms with Gasteiger partial charge in [0.1, 0.15) is 5.92 Å². The molecule has 2 aliphatic heterocycles. The summed E-state index contributed by atoms with van der Waals surface area (Å²) in [6, 6.07) is 27.7. The van der Waals surface area contributed by atoms with E-state index in [1.54, 1.807) is 18.2 Å². The Morgan fingerprint density at radius 1 is 0.800 bits per heavy atom. The predicted octanol–water partition coefficient (Wildman–Crippen LogP) is 4.80. The number of nitro benzene ring substituents is 1. The molecule has 35 heavy (non-hydrogen) atoms. The van der Waals surface area contributed by atoms with Crippen LogP contribution in [0.5, 0.6) is 0 Å². The third-order valence-corrected chi connectivity index (χ3v) is 6.56. The van der Waals surface area contributed by atoms with Gasteiger partial charge in [0, 0.05) is 17.5 Å². The first-order chi connectivity index (χ1) is 17.0. The molecule has 172 valence electrons. The van der Waals surface area contributed by atoms with E-state index in [0.29, 0.717) is 11.4 Å². The molecule has 3 atom stereocenters. The van der Waals surface area contributed by atoms with Crippen molar-refractivity contribution in [2.24, 2.45) is 5.92 Å². The number of benzene rings is 4. The first-order valence-electron chi connectivity index (χ1n) is 11.2. The SMILES string of the molecule is O=C1[C@@H]2[C@@H](ON(c3cccc([N+](=O)[O-])c3)[C@H]2c2ccccc2)C(=O)N1c1cccc2ccccc12. The summed E-state index contributed by atoms with van der Waals surface area (Å²) in [4.78, 5) is 45.7. The van der Waals surface area contributed by atoms with Gasteiger partial charge in [-0.3, -0.25) is 24.5 Å². The van der Waals surface area contributed by atoms with Gasteiger partial charge in [0.25, 0.3) is 11.6 Å². The second kappa shape index (κ2) is 8.03. The Morgan fingerprint density at radius 3 is 2.31 bits per heavy atom. The van der Waals surface area contributed by atoms with Crippen LogP contribution in [0.2, 0.25) is 0 Å². The number of fused-ring (bicyclic) bond motifs is 2. The number of non-ortho nitro benzene ring substituents is 1. The van der Waals surface area contributed by atoms with Gasteiger partial charge in [-0.15, -0.1) is 0 Å². The number of nitro groups is 1. The molecule has 0 unspecified atom stereocenters. The van der Waals surface area contributed by atoms with Crippen molar-refractivity contribution >= 4 is 39.6 Å². The Kier molecular flexibility index (Phi) is 4.82. The van der Waals surface area contributed by atoms with Gasteiger partial charge in [-0.2, -0.15) is 0 Å². The molecule has 0 aliphatic carbocycles. The molecule has 2 aliphatic rings. The summed E-state index contributed by atoms with van der Waals surface area (Å²) in [6.45, 7) is 0. The van der Waals surface area contributed by atoms with Crippen LogP contribution in [-0.4, -0.2) is 22.8 Å². The van der Waals surface area contributed by atoms with Gasteiger partial charge >= 0.3 is 0 Å². The van der Waals surface area contributed by atoms with Crippen LogP contribution in [0.3, 0.4) is 0 Å². The van der Waals surface area contributed by atoms with Crippen molar-refractivity contribution in [3.8, 4) is 0 Å². The number of hydrogen-bond acceptors (Lipinski definition) is 6. The summed E-state index contributed by atoms with van der Waals surface area (Å²) in [5, 5.41) is 14.5. The van der Waals surface area contributed by atoms with Crippen LogP contribution in [0.25, 0.3) is 10.8 Å². The number of hydroxylamine groups is 1. The Hall–Kier alpha value is -4.56. The van der Waals surface area contributed by atoms with Crippen molar-refractivity contribution in [1.82, 2.24) is 0 Å². The molecule has 2 amide bonds. The van der Waals surface area contributed by atoms with Crippen molar-refractivity contribution in [3.05, 3.63) is 113 Å². The van der Waals surface area contributed by atoms with Crippen molar-refractivity contribution in [3.63, 3.8) is 0 Å². The summed E-state index contributed by atoms with van der Waals surface area (Å²) in [5.41, 5.74) is 1.59. The summed E-state index contributed by atoms with van der Waals surface area (Å²) in [6.07, 6.45) is -1.05. The van der Waals surface area contributed by atoms with E-state index < -0.39 is 28.9 Å². The monoisotopic (exact) mass is 465 g/mol. The molecule has 0 aromatic heterocycles. The number of anilines is 2. The third-order valence-electron chi connectivity index (χ3n) is 6.56. The van der Waals surface area contributed by atoms with Gasteiger partial charge in [0.05, 0.1) is 22.3 Å². The Bertz CT molecular complexity index is 1480. The molecular formula is C27H19N3O5. The molecule has 0 radical (unpaired) electrons. The summed E-state index contributed by atoms with van der Waals surface area (Å²) in [5.74, 6) is -1.63. The first kappa shape index (κ1) is 21.0. The minimum Gasteiger partial charge on any atom is -0.273 e. The predicted molar refractivity (Wildman–Crippen MR) is 130 cm³/mol. The normalized spacial score (nSPS) is 21.5. The van der Waals surface area contributed by atoms with Gasteiger partial charge in [0.2, 0.25) is 5.91 Å². The highest BCUT2D eigenvalue weighted by atomic mass is 16.7. The maximum atomic E-state index is 13.9. The number of amides is 2. The topological polar surface area (TPSA) is 93.0 Å². The first-order valence-corrected chi connectivity index (χ1v) is 11.2. The molecule has 4 aromatic carbocycles. The van der Waals surface area contributed by atoms with Gasteiger partial charge in [-0.1, -0.05) is 72.8 Å². The van der Waals surface area contributed by atoms with E-state index in [9.17, 15) is 19.7 Å². The second-order valence-electron chi connectivity index (χ2n) is 8.52. The lowest BCUT2D eigenvalue weighted by atomic mass is 9.90. The Labute approximate surface area is 200 Å². The maximum absolute atomic E-state index is 13.9. The van der Waals surface area contributed by atoms with Crippen LogP contribution in [-0.2, 0) is 14.4 Å². The minimum atomic E-state index is -1.05. The smallest absolute Gasteiger partial charge is 0.271 e. The quantitative estimate of drug-likeness (QED) is 0.244. The van der Waals surface area contributed by atoms with Crippen molar-refractivity contribution < 1.29 is 19.3 Å². The van der Waals surface area contributed by atoms with E-state index in [-0.39, 0.29) is 11.6 Å². The molecule has 0 N–H and O–H groups in total. The minimum absolute atomic E-state index is 0.106. The highest BCUT2D eigenvalue weighted by Gasteiger charge is 2.60. The zero-order valence-corrected chi connectivity index (χ0v) is 18.4. The average Bonchev–Trinajstić information content (AvgIpc) is 3.40. The van der Waals surface area contributed by atoms with Crippen LogP contribution in [0.1, 0.15) is 11.6 Å². The molecule has 4 aromatic rings. The molecule has 0 bridgehead atoms. The van der Waals surface area contributed by atoms with Crippen LogP contribution >= 0.6 is 0 Å². The van der Waals surface area contributed by atoms with Gasteiger partial charge in [-0.05, 0) is 23.1 Å². The molecular weight excluding hydrogens is 446 g/mol. The molecule has 0 spiro atoms. The lowest BCUT2D eigenvalue weighted by Crippen LogP contribution is -2.37. The maximum Gasteiger partial charge on any atom is 0.271 e. The van der Waals surface area contributed by atoms with Crippen LogP contribution in [0.15, 0.2) is 97.1 Å². The van der Waals surface area contributed by atoms with Crippen LogP contribution in [0, 0.1) is 16.0 Å². The Balaban J connectivity index is 1.46. The molecule has 2 heterocycles. The van der Waals surface area contributed by atoms with Crippen molar-refractivity contribution in [2.45, 2.75) is 12.1 Å². The number of carbonyl (C=O) groups excluding carboxylic acids is 2. The van der Waals surface area contributed by atoms with Crippen LogP contribution in [0.4, 0.5) is 17.1 Å². The largest absolute Gasteiger partial charge is 0.273 e. The van der Waals surface area contributed by atoms with E-state index in [2.05, 4.69) is 0 Å². The number of rotatable bonds is 4. The standard InChI is InChI=1S/C27H19N3O5/c31-26-23-24(18-9-2-1-3-10-18)29(19-12-7-13-20(16-19)30(33)34)35-25(23)27(32)28(26)22-15-6-11-17-8-4-5-14-21(17)22/h1-16,23-25H/t23-,24-,25+/m0/s1. The fraction of sp³-hybridized carbons (Fsp3) is 0.111. The summed E-state index contributed by atoms with van der Waals surface area (Å²) >= 11 is 0. The average molecular weight is 465 g/mol. The molecule has 2 saturated heterocycles. The van der Waals surface area contributed by atoms with Gasteiger partial charge in [-0.25, -0.2) is 9.96 Å². The molecule has 8 nitrogen and oxygen atoms in total. The number of imide groups is 1. The van der Waals surface area contributed by atoms with E-state index >= 15 is 0 Å². The third kappa shape index (κ3) is 3.26. The molecule has 2 fully saturated rings. The highest BCUT2D eigenvalue weighted by molar-refractivity contribution is 6.26. The fourth-order valence-corrected chi connectivity index (χ4v) is 5.01. The number of nitrogens with zero attached hydrogens (tertiary/aromatic N) is 3. The zero-order chi connectivity index (χ0) is 24.1. The molecule has 0 saturated carbocycles. The lowest BCUT2D eigenvalue weighted by molar-refractivity contribution is -0.384. The fourth-order valence-electron chi connectivity index (χ4n) is 5.01. The van der Waals surface area contributed by atoms with Crippen LogP contribution < -0.4 is 9.96 Å². The van der Waals surface area contributed by atoms with Gasteiger partial charge < -0.3 is 0 Å². The summed E-state index contributed by atoms with van der Waals surface area (Å²) < 4.78 is 0. The lowest BCUT2D eigenvalue weighted by Gasteiger charge is -2.28.